The Balaban J connectivity index is 1.32. The standard InChI is InChI=1S/C27H26N10O3S/c1-4-40-23-14-18(9-12-22(23)39-3)20-6-5-13-37(34-20)27(38)24-16(2)29-26(41-24)17-7-10-19(11-8-17)30-31-21(15-28)25-32-35-36-33-25/h7-12,14,30H,4-6,13H2,1-3H3,(H,32,33,35,36)/b31-21+. The predicted octanol–water partition coefficient (Wildman–Crippen LogP) is 4.02. The summed E-state index contributed by atoms with van der Waals surface area (Å²) in [5, 5.41) is 33.5. The van der Waals surface area contributed by atoms with Crippen molar-refractivity contribution in [2.75, 3.05) is 25.7 Å². The predicted molar refractivity (Wildman–Crippen MR) is 153 cm³/mol. The molecule has 0 spiro atoms. The lowest BCUT2D eigenvalue weighted by Crippen LogP contribution is -2.32. The number of tetrazole rings is 1. The summed E-state index contributed by atoms with van der Waals surface area (Å²) in [6, 6.07) is 14.9. The molecule has 0 aliphatic carbocycles. The van der Waals surface area contributed by atoms with Gasteiger partial charge in [0.1, 0.15) is 16.0 Å². The summed E-state index contributed by atoms with van der Waals surface area (Å²) < 4.78 is 11.1. The minimum absolute atomic E-state index is 0.00761. The molecule has 2 aromatic carbocycles. The number of anilines is 1. The van der Waals surface area contributed by atoms with Gasteiger partial charge in [-0.25, -0.2) is 9.99 Å². The molecule has 4 aromatic rings. The van der Waals surface area contributed by atoms with Crippen LogP contribution in [0.25, 0.3) is 10.6 Å². The monoisotopic (exact) mass is 570 g/mol. The lowest BCUT2D eigenvalue weighted by atomic mass is 10.0. The summed E-state index contributed by atoms with van der Waals surface area (Å²) in [5.41, 5.74) is 6.65. The molecule has 0 unspecified atom stereocenters. The highest BCUT2D eigenvalue weighted by atomic mass is 32.1. The molecular formula is C27H26N10O3S. The number of hydrogen-bond donors (Lipinski definition) is 2. The van der Waals surface area contributed by atoms with Crippen LogP contribution in [0.3, 0.4) is 0 Å². The lowest BCUT2D eigenvalue weighted by molar-refractivity contribution is 0.0755. The molecule has 0 saturated carbocycles. The van der Waals surface area contributed by atoms with Gasteiger partial charge in [-0.1, -0.05) is 0 Å². The minimum Gasteiger partial charge on any atom is -0.493 e. The third-order valence-electron chi connectivity index (χ3n) is 6.14. The maximum atomic E-state index is 13.5. The van der Waals surface area contributed by atoms with E-state index in [1.807, 2.05) is 50.2 Å². The Labute approximate surface area is 239 Å². The number of methoxy groups -OCH3 is 1. The van der Waals surface area contributed by atoms with E-state index in [1.54, 1.807) is 19.2 Å². The van der Waals surface area contributed by atoms with Gasteiger partial charge < -0.3 is 9.47 Å². The normalized spacial score (nSPS) is 13.4. The number of hydrogen-bond acceptors (Lipinski definition) is 12. The summed E-state index contributed by atoms with van der Waals surface area (Å²) in [5.74, 6) is 1.21. The number of nitriles is 1. The number of rotatable bonds is 9. The number of benzene rings is 2. The number of carbonyl (C=O) groups excluding carboxylic acids is 1. The van der Waals surface area contributed by atoms with E-state index in [9.17, 15) is 10.1 Å². The zero-order valence-electron chi connectivity index (χ0n) is 22.6. The van der Waals surface area contributed by atoms with E-state index in [2.05, 4.69) is 36.1 Å². The van der Waals surface area contributed by atoms with E-state index in [0.717, 1.165) is 29.7 Å². The van der Waals surface area contributed by atoms with Crippen LogP contribution in [-0.2, 0) is 0 Å². The Morgan fingerprint density at radius 2 is 2.02 bits per heavy atom. The minimum atomic E-state index is -0.180. The second kappa shape index (κ2) is 12.3. The van der Waals surface area contributed by atoms with Crippen molar-refractivity contribution < 1.29 is 14.3 Å². The second-order valence-electron chi connectivity index (χ2n) is 8.81. The van der Waals surface area contributed by atoms with Crippen molar-refractivity contribution in [2.24, 2.45) is 10.2 Å². The fourth-order valence-electron chi connectivity index (χ4n) is 4.15. The van der Waals surface area contributed by atoms with E-state index < -0.39 is 0 Å². The first kappa shape index (κ1) is 27.4. The fraction of sp³-hybridized carbons (Fsp3) is 0.259. The van der Waals surface area contributed by atoms with E-state index in [4.69, 9.17) is 14.6 Å². The molecule has 1 aliphatic heterocycles. The van der Waals surface area contributed by atoms with Crippen molar-refractivity contribution in [1.29, 1.82) is 5.26 Å². The van der Waals surface area contributed by atoms with E-state index in [-0.39, 0.29) is 17.4 Å². The average Bonchev–Trinajstić information content (AvgIpc) is 3.68. The molecule has 0 saturated heterocycles. The molecule has 14 heteroatoms. The summed E-state index contributed by atoms with van der Waals surface area (Å²) in [6.45, 7) is 4.78. The van der Waals surface area contributed by atoms with E-state index in [1.165, 1.54) is 16.3 Å². The Bertz CT molecular complexity index is 1640. The van der Waals surface area contributed by atoms with E-state index >= 15 is 0 Å². The van der Waals surface area contributed by atoms with Gasteiger partial charge in [-0.05, 0) is 74.4 Å². The number of carbonyl (C=O) groups is 1. The van der Waals surface area contributed by atoms with Crippen molar-refractivity contribution in [3.8, 4) is 28.1 Å². The Hall–Kier alpha value is -5.16. The van der Waals surface area contributed by atoms with Crippen LogP contribution in [0.15, 0.2) is 52.7 Å². The van der Waals surface area contributed by atoms with Crippen LogP contribution >= 0.6 is 11.3 Å². The number of nitrogens with one attached hydrogen (secondary N) is 2. The average molecular weight is 571 g/mol. The van der Waals surface area contributed by atoms with Gasteiger partial charge in [0.15, 0.2) is 11.5 Å². The third-order valence-corrected chi connectivity index (χ3v) is 7.33. The van der Waals surface area contributed by atoms with Crippen LogP contribution in [0.4, 0.5) is 5.69 Å². The third kappa shape index (κ3) is 6.04. The summed E-state index contributed by atoms with van der Waals surface area (Å²) in [7, 11) is 1.60. The van der Waals surface area contributed by atoms with Crippen LogP contribution in [0.2, 0.25) is 0 Å². The first-order valence-electron chi connectivity index (χ1n) is 12.8. The van der Waals surface area contributed by atoms with Crippen molar-refractivity contribution in [3.63, 3.8) is 0 Å². The van der Waals surface area contributed by atoms with Crippen LogP contribution in [0.1, 0.15) is 46.5 Å². The highest BCUT2D eigenvalue weighted by Crippen LogP contribution is 2.32. The lowest BCUT2D eigenvalue weighted by Gasteiger charge is -2.23. The zero-order valence-corrected chi connectivity index (χ0v) is 23.4. The maximum absolute atomic E-state index is 13.5. The molecule has 208 valence electrons. The van der Waals surface area contributed by atoms with Gasteiger partial charge in [0.2, 0.25) is 11.5 Å². The number of H-pyrrole nitrogens is 1. The SMILES string of the molecule is CCOc1cc(C2=NN(C(=O)c3sc(-c4ccc(N/N=C(\C#N)c5nn[nH]n5)cc4)nc3C)CCC2)ccc1OC. The Kier molecular flexibility index (Phi) is 8.26. The van der Waals surface area contributed by atoms with Crippen molar-refractivity contribution in [1.82, 2.24) is 30.6 Å². The number of thiazole rings is 1. The highest BCUT2D eigenvalue weighted by Gasteiger charge is 2.25. The number of hydrazone groups is 2. The molecule has 0 radical (unpaired) electrons. The zero-order chi connectivity index (χ0) is 28.8. The number of aromatic amines is 1. The van der Waals surface area contributed by atoms with Gasteiger partial charge in [-0.15, -0.1) is 21.5 Å². The van der Waals surface area contributed by atoms with Gasteiger partial charge in [0.05, 0.1) is 30.8 Å². The second-order valence-corrected chi connectivity index (χ2v) is 9.81. The smallest absolute Gasteiger partial charge is 0.285 e. The summed E-state index contributed by atoms with van der Waals surface area (Å²) >= 11 is 1.33. The topological polar surface area (TPSA) is 167 Å². The number of aromatic nitrogens is 5. The summed E-state index contributed by atoms with van der Waals surface area (Å²) in [4.78, 5) is 18.7. The van der Waals surface area contributed by atoms with Crippen molar-refractivity contribution in [3.05, 3.63) is 64.4 Å². The molecule has 1 amide bonds. The van der Waals surface area contributed by atoms with Crippen LogP contribution in [0, 0.1) is 18.3 Å². The van der Waals surface area contributed by atoms with Crippen molar-refractivity contribution in [2.45, 2.75) is 26.7 Å². The first-order chi connectivity index (χ1) is 20.0. The van der Waals surface area contributed by atoms with Crippen LogP contribution in [0.5, 0.6) is 11.5 Å². The van der Waals surface area contributed by atoms with Gasteiger partial charge in [0, 0.05) is 17.7 Å². The van der Waals surface area contributed by atoms with Crippen LogP contribution < -0.4 is 14.9 Å². The number of aryl methyl sites for hydroxylation is 1. The number of ether oxygens (including phenoxy) is 2. The quantitative estimate of drug-likeness (QED) is 0.223. The molecule has 2 aromatic heterocycles. The molecule has 13 nitrogen and oxygen atoms in total. The van der Waals surface area contributed by atoms with Gasteiger partial charge in [-0.2, -0.15) is 20.7 Å². The fourth-order valence-corrected chi connectivity index (χ4v) is 5.16. The molecule has 0 bridgehead atoms. The number of amides is 1. The Morgan fingerprint density at radius 3 is 2.73 bits per heavy atom. The molecular weight excluding hydrogens is 544 g/mol. The van der Waals surface area contributed by atoms with Crippen molar-refractivity contribution >= 4 is 34.4 Å². The molecule has 3 heterocycles. The van der Waals surface area contributed by atoms with E-state index in [0.29, 0.717) is 45.9 Å². The maximum Gasteiger partial charge on any atom is 0.285 e. The molecule has 0 atom stereocenters. The first-order valence-corrected chi connectivity index (χ1v) is 13.6. The molecule has 2 N–H and O–H groups in total. The van der Waals surface area contributed by atoms with Gasteiger partial charge in [0.25, 0.3) is 5.91 Å². The van der Waals surface area contributed by atoms with Gasteiger partial charge in [-0.3, -0.25) is 10.2 Å². The largest absolute Gasteiger partial charge is 0.493 e. The molecule has 1 aliphatic rings. The highest BCUT2D eigenvalue weighted by molar-refractivity contribution is 7.17. The van der Waals surface area contributed by atoms with Crippen LogP contribution in [-0.4, -0.2) is 68.2 Å². The molecule has 0 fully saturated rings. The summed E-state index contributed by atoms with van der Waals surface area (Å²) in [6.07, 6.45) is 1.55. The number of nitrogens with zero attached hydrogens (tertiary/aromatic N) is 8. The molecule has 41 heavy (non-hydrogen) atoms. The molecule has 5 rings (SSSR count). The Morgan fingerprint density at radius 1 is 1.22 bits per heavy atom. The van der Waals surface area contributed by atoms with Gasteiger partial charge >= 0.3 is 0 Å².